The van der Waals surface area contributed by atoms with Gasteiger partial charge in [-0.15, -0.1) is 0 Å². The van der Waals surface area contributed by atoms with Crippen molar-refractivity contribution in [2.45, 2.75) is 96.9 Å². The SMILES string of the molecule is C[C@H](CCC(=O)[15NH][13CH2][13CH2]S(=O)(=O)O)[C@H]1CC[C@H]2[C@@H]3[C@H](O)C[C@@H]4C[C@H](O)CC[C@]4(C)[C@H]3C[C@H](O)[C@]12C. The first-order valence-electron chi connectivity index (χ1n) is 13.5. The highest BCUT2D eigenvalue weighted by Crippen LogP contribution is 2.68. The Labute approximate surface area is 210 Å². The molecule has 9 heteroatoms. The summed E-state index contributed by atoms with van der Waals surface area (Å²) in [4.78, 5) is 12.2. The molecule has 11 atom stereocenters. The fraction of sp³-hybridized carbons (Fsp3) is 0.962. The highest BCUT2D eigenvalue weighted by molar-refractivity contribution is 7.85. The minimum Gasteiger partial charge on any atom is -0.393 e. The average molecular weight is 519 g/mol. The second-order valence-corrected chi connectivity index (χ2v) is 14.2. The molecule has 0 spiro atoms. The zero-order valence-corrected chi connectivity index (χ0v) is 22.2. The maximum atomic E-state index is 12.2. The van der Waals surface area contributed by atoms with E-state index in [0.29, 0.717) is 18.8 Å². The summed E-state index contributed by atoms with van der Waals surface area (Å²) < 4.78 is 30.5. The van der Waals surface area contributed by atoms with Crippen LogP contribution in [-0.4, -0.2) is 64.8 Å². The maximum absolute atomic E-state index is 12.2. The van der Waals surface area contributed by atoms with Crippen LogP contribution < -0.4 is 5.32 Å². The van der Waals surface area contributed by atoms with Crippen molar-refractivity contribution in [3.8, 4) is 0 Å². The van der Waals surface area contributed by atoms with Crippen molar-refractivity contribution >= 4 is 16.0 Å². The lowest BCUT2D eigenvalue weighted by Crippen LogP contribution is -2.62. The molecule has 0 aliphatic heterocycles. The molecule has 1 amide bonds. The number of hydrogen-bond acceptors (Lipinski definition) is 6. The molecule has 5 N–H and O–H groups in total. The smallest absolute Gasteiger partial charge is 0.266 e. The molecule has 35 heavy (non-hydrogen) atoms. The van der Waals surface area contributed by atoms with E-state index in [4.69, 9.17) is 4.55 Å². The molecule has 0 unspecified atom stereocenters. The number of amides is 1. The summed E-state index contributed by atoms with van der Waals surface area (Å²) in [6, 6.07) is 0. The molecular formula is C26H45NO7S. The minimum absolute atomic E-state index is 0.0509. The molecule has 0 aromatic heterocycles. The molecule has 4 saturated carbocycles. The van der Waals surface area contributed by atoms with Gasteiger partial charge in [0.2, 0.25) is 5.91 Å². The molecule has 4 fully saturated rings. The van der Waals surface area contributed by atoms with Crippen molar-refractivity contribution in [3.63, 3.8) is 0 Å². The van der Waals surface area contributed by atoms with Crippen LogP contribution >= 0.6 is 0 Å². The zero-order chi connectivity index (χ0) is 25.8. The van der Waals surface area contributed by atoms with Gasteiger partial charge < -0.3 is 20.6 Å². The molecule has 0 heterocycles. The van der Waals surface area contributed by atoms with Gasteiger partial charge in [-0.2, -0.15) is 8.42 Å². The third-order valence-corrected chi connectivity index (χ3v) is 11.7. The van der Waals surface area contributed by atoms with Crippen LogP contribution in [0.25, 0.3) is 0 Å². The second-order valence-electron chi connectivity index (χ2n) is 12.7. The van der Waals surface area contributed by atoms with Crippen molar-refractivity contribution in [1.29, 1.82) is 0 Å². The summed E-state index contributed by atoms with van der Waals surface area (Å²) in [5, 5.41) is 35.8. The molecule has 8 nitrogen and oxygen atoms in total. The first-order valence-corrected chi connectivity index (χ1v) is 15.1. The Bertz CT molecular complexity index is 896. The van der Waals surface area contributed by atoms with E-state index in [0.717, 1.165) is 38.5 Å². The van der Waals surface area contributed by atoms with Crippen LogP contribution in [0.5, 0.6) is 0 Å². The number of aliphatic hydroxyl groups is 3. The van der Waals surface area contributed by atoms with Gasteiger partial charge in [0.1, 0.15) is 0 Å². The third kappa shape index (κ3) is 5.05. The van der Waals surface area contributed by atoms with E-state index in [9.17, 15) is 28.5 Å². The van der Waals surface area contributed by atoms with Gasteiger partial charge in [-0.3, -0.25) is 9.35 Å². The Morgan fingerprint density at radius 3 is 2.46 bits per heavy atom. The van der Waals surface area contributed by atoms with Gasteiger partial charge >= 0.3 is 0 Å². The van der Waals surface area contributed by atoms with Crippen molar-refractivity contribution in [2.75, 3.05) is 12.3 Å². The lowest BCUT2D eigenvalue weighted by Gasteiger charge is -2.63. The van der Waals surface area contributed by atoms with Gasteiger partial charge in [0, 0.05) is 13.0 Å². The second kappa shape index (κ2) is 9.86. The molecule has 4 aliphatic carbocycles. The summed E-state index contributed by atoms with van der Waals surface area (Å²) in [7, 11) is -4.10. The quantitative estimate of drug-likeness (QED) is 0.198. The van der Waals surface area contributed by atoms with Crippen molar-refractivity contribution < 1.29 is 33.1 Å². The van der Waals surface area contributed by atoms with Crippen molar-refractivity contribution in [3.05, 3.63) is 0 Å². The van der Waals surface area contributed by atoms with Crippen LogP contribution in [0.1, 0.15) is 78.6 Å². The molecule has 0 saturated heterocycles. The molecule has 4 aliphatic rings. The van der Waals surface area contributed by atoms with E-state index in [1.807, 2.05) is 0 Å². The van der Waals surface area contributed by atoms with Crippen LogP contribution in [0.2, 0.25) is 0 Å². The molecule has 202 valence electrons. The third-order valence-electron chi connectivity index (χ3n) is 11.0. The van der Waals surface area contributed by atoms with Gasteiger partial charge in [-0.1, -0.05) is 20.8 Å². The van der Waals surface area contributed by atoms with Crippen LogP contribution in [0, 0.1) is 46.3 Å². The molecule has 0 aromatic carbocycles. The van der Waals surface area contributed by atoms with Crippen LogP contribution in [0.4, 0.5) is 0 Å². The average Bonchev–Trinajstić information content (AvgIpc) is 3.12. The molecule has 0 bridgehead atoms. The Kier molecular flexibility index (Phi) is 7.69. The van der Waals surface area contributed by atoms with E-state index in [2.05, 4.69) is 26.1 Å². The number of carbonyl (C=O) groups is 1. The summed E-state index contributed by atoms with van der Waals surface area (Å²) in [6.45, 7) is 6.56. The number of aliphatic hydroxyl groups excluding tert-OH is 3. The Balaban J connectivity index is 1.43. The largest absolute Gasteiger partial charge is 0.393 e. The number of nitrogens with one attached hydrogen (secondary N) is 1. The summed E-state index contributed by atoms with van der Waals surface area (Å²) in [5.74, 6) is 0.705. The Morgan fingerprint density at radius 1 is 1.06 bits per heavy atom. The van der Waals surface area contributed by atoms with Crippen LogP contribution in [0.15, 0.2) is 0 Å². The predicted octanol–water partition coefficient (Wildman–Crippen LogP) is 2.37. The maximum Gasteiger partial charge on any atom is 0.266 e. The predicted molar refractivity (Wildman–Crippen MR) is 132 cm³/mol. The molecule has 0 radical (unpaired) electrons. The van der Waals surface area contributed by atoms with Crippen LogP contribution in [0.3, 0.4) is 0 Å². The number of fused-ring (bicyclic) bond motifs is 5. The number of hydrogen-bond donors (Lipinski definition) is 5. The van der Waals surface area contributed by atoms with Gasteiger partial charge in [0.25, 0.3) is 10.1 Å². The fourth-order valence-electron chi connectivity index (χ4n) is 9.10. The highest BCUT2D eigenvalue weighted by Gasteiger charge is 2.65. The molecule has 0 aromatic rings. The highest BCUT2D eigenvalue weighted by atomic mass is 32.2. The first-order chi connectivity index (χ1) is 16.3. The molecular weight excluding hydrogens is 473 g/mol. The fourth-order valence-corrected chi connectivity index (χ4v) is 9.46. The Hall–Kier alpha value is -0.740. The summed E-state index contributed by atoms with van der Waals surface area (Å²) in [6.07, 6.45) is 5.67. The number of rotatable bonds is 7. The first kappa shape index (κ1) is 27.3. The minimum atomic E-state index is -4.10. The van der Waals surface area contributed by atoms with E-state index < -0.39 is 28.1 Å². The zero-order valence-electron chi connectivity index (χ0n) is 21.4. The van der Waals surface area contributed by atoms with Crippen LogP contribution in [-0.2, 0) is 14.9 Å². The topological polar surface area (TPSA) is 144 Å². The van der Waals surface area contributed by atoms with E-state index in [1.165, 1.54) is 0 Å². The van der Waals surface area contributed by atoms with Gasteiger partial charge in [-0.25, -0.2) is 0 Å². The lowest BCUT2D eigenvalue weighted by molar-refractivity contribution is -0.207. The van der Waals surface area contributed by atoms with Crippen molar-refractivity contribution in [1.82, 2.24) is 5.32 Å². The standard InChI is InChI=1S/C26H45NO7S/c1-15(4-7-23(31)27-10-11-35(32,33)34)18-5-6-19-24-20(14-22(30)26(18,19)3)25(2)9-8-17(28)12-16(25)13-21(24)29/h15-22,24,28-30H,4-14H2,1-3H3,(H,27,31)(H,32,33,34)/t15-,16+,17-,18-,19+,20+,21-,22+,24+,25+,26-/m1/s1/i10+1,11+1,27+1. The molecule has 4 rings (SSSR count). The summed E-state index contributed by atoms with van der Waals surface area (Å²) in [5.41, 5.74) is -0.254. The summed E-state index contributed by atoms with van der Waals surface area (Å²) >= 11 is 0. The van der Waals surface area contributed by atoms with E-state index >= 15 is 0 Å². The van der Waals surface area contributed by atoms with E-state index in [-0.39, 0.29) is 65.4 Å². The monoisotopic (exact) mass is 518 g/mol. The van der Waals surface area contributed by atoms with Gasteiger partial charge in [0.15, 0.2) is 0 Å². The lowest BCUT2D eigenvalue weighted by atomic mass is 9.43. The Morgan fingerprint density at radius 2 is 1.77 bits per heavy atom. The van der Waals surface area contributed by atoms with Crippen molar-refractivity contribution in [2.24, 2.45) is 46.3 Å². The number of carbonyl (C=O) groups excluding carboxylic acids is 1. The van der Waals surface area contributed by atoms with Gasteiger partial charge in [-0.05, 0) is 97.7 Å². The van der Waals surface area contributed by atoms with E-state index in [1.54, 1.807) is 0 Å². The van der Waals surface area contributed by atoms with Gasteiger partial charge in [0.05, 0.1) is 24.1 Å². The normalized spacial score (nSPS) is 46.3.